The number of aromatic amines is 1. The van der Waals surface area contributed by atoms with Crippen LogP contribution in [-0.2, 0) is 11.3 Å². The van der Waals surface area contributed by atoms with Gasteiger partial charge in [-0.2, -0.15) is 5.21 Å². The van der Waals surface area contributed by atoms with Crippen LogP contribution in [-0.4, -0.2) is 49.7 Å². The van der Waals surface area contributed by atoms with Crippen LogP contribution in [0.15, 0.2) is 48.5 Å². The summed E-state index contributed by atoms with van der Waals surface area (Å²) in [7, 11) is 0. The summed E-state index contributed by atoms with van der Waals surface area (Å²) in [6.45, 7) is 3.29. The van der Waals surface area contributed by atoms with Crippen LogP contribution >= 0.6 is 0 Å². The number of benzene rings is 2. The van der Waals surface area contributed by atoms with Crippen LogP contribution < -0.4 is 0 Å². The standard InChI is InChI=1S/C22H27N5O2/c1-2-3-9-21(29)27(14-6-15-28)16-17-10-12-18(13-11-17)19-7-4-5-8-20(19)22-23-25-26-24-22/h4-5,7-8,10-13,28H,2-3,6,9,14-16H2,1H3,(H,23,24,25,26). The predicted molar refractivity (Wildman–Crippen MR) is 112 cm³/mol. The fourth-order valence-electron chi connectivity index (χ4n) is 3.26. The van der Waals surface area contributed by atoms with E-state index in [0.717, 1.165) is 35.1 Å². The van der Waals surface area contributed by atoms with Gasteiger partial charge in [-0.3, -0.25) is 4.79 Å². The summed E-state index contributed by atoms with van der Waals surface area (Å²) >= 11 is 0. The number of aromatic nitrogens is 4. The average molecular weight is 393 g/mol. The number of unbranched alkanes of at least 4 members (excludes halogenated alkanes) is 1. The zero-order valence-electron chi connectivity index (χ0n) is 16.7. The second-order valence-electron chi connectivity index (χ2n) is 6.97. The molecule has 0 atom stereocenters. The highest BCUT2D eigenvalue weighted by molar-refractivity contribution is 5.80. The Balaban J connectivity index is 1.77. The Morgan fingerprint density at radius 3 is 2.48 bits per heavy atom. The summed E-state index contributed by atoms with van der Waals surface area (Å²) in [6, 6.07) is 16.1. The Kier molecular flexibility index (Phi) is 7.47. The highest BCUT2D eigenvalue weighted by Crippen LogP contribution is 2.29. The number of H-pyrrole nitrogens is 1. The lowest BCUT2D eigenvalue weighted by Gasteiger charge is -2.23. The molecule has 0 radical (unpaired) electrons. The zero-order chi connectivity index (χ0) is 20.5. The minimum atomic E-state index is 0.0867. The Labute approximate surface area is 170 Å². The van der Waals surface area contributed by atoms with Crippen molar-refractivity contribution in [3.8, 4) is 22.5 Å². The molecule has 1 aromatic heterocycles. The number of amides is 1. The van der Waals surface area contributed by atoms with Crippen LogP contribution in [0.25, 0.3) is 22.5 Å². The largest absolute Gasteiger partial charge is 0.396 e. The Morgan fingerprint density at radius 2 is 1.83 bits per heavy atom. The minimum Gasteiger partial charge on any atom is -0.396 e. The Bertz CT molecular complexity index is 894. The van der Waals surface area contributed by atoms with Gasteiger partial charge in [0.1, 0.15) is 0 Å². The van der Waals surface area contributed by atoms with Crippen molar-refractivity contribution in [2.75, 3.05) is 13.2 Å². The van der Waals surface area contributed by atoms with Crippen molar-refractivity contribution >= 4 is 5.91 Å². The van der Waals surface area contributed by atoms with Crippen LogP contribution in [0.3, 0.4) is 0 Å². The molecular formula is C22H27N5O2. The molecule has 0 aliphatic heterocycles. The SMILES string of the molecule is CCCCC(=O)N(CCCO)Cc1ccc(-c2ccccc2-c2nn[nH]n2)cc1. The quantitative estimate of drug-likeness (QED) is 0.550. The molecule has 2 N–H and O–H groups in total. The first-order valence-corrected chi connectivity index (χ1v) is 10.0. The molecule has 0 spiro atoms. The van der Waals surface area contributed by atoms with Gasteiger partial charge in [0.15, 0.2) is 0 Å². The second-order valence-corrected chi connectivity index (χ2v) is 6.97. The van der Waals surface area contributed by atoms with E-state index >= 15 is 0 Å². The third-order valence-corrected chi connectivity index (χ3v) is 4.83. The van der Waals surface area contributed by atoms with Gasteiger partial charge in [-0.25, -0.2) is 0 Å². The lowest BCUT2D eigenvalue weighted by Crippen LogP contribution is -2.31. The molecule has 3 rings (SSSR count). The van der Waals surface area contributed by atoms with Crippen LogP contribution in [0.4, 0.5) is 0 Å². The highest BCUT2D eigenvalue weighted by atomic mass is 16.3. The number of nitrogens with zero attached hydrogens (tertiary/aromatic N) is 4. The second kappa shape index (κ2) is 10.5. The normalized spacial score (nSPS) is 10.8. The Morgan fingerprint density at radius 1 is 1.07 bits per heavy atom. The summed E-state index contributed by atoms with van der Waals surface area (Å²) in [4.78, 5) is 14.3. The van der Waals surface area contributed by atoms with E-state index in [-0.39, 0.29) is 12.5 Å². The van der Waals surface area contributed by atoms with E-state index in [4.69, 9.17) is 5.11 Å². The summed E-state index contributed by atoms with van der Waals surface area (Å²) in [5.74, 6) is 0.702. The maximum absolute atomic E-state index is 12.5. The summed E-state index contributed by atoms with van der Waals surface area (Å²) in [6.07, 6.45) is 3.03. The topological polar surface area (TPSA) is 95.0 Å². The number of rotatable bonds is 10. The molecule has 0 aliphatic rings. The van der Waals surface area contributed by atoms with Crippen LogP contribution in [0.5, 0.6) is 0 Å². The first kappa shape index (κ1) is 20.7. The molecule has 0 aliphatic carbocycles. The van der Waals surface area contributed by atoms with E-state index in [9.17, 15) is 4.79 Å². The first-order valence-electron chi connectivity index (χ1n) is 10.0. The van der Waals surface area contributed by atoms with Gasteiger partial charge in [-0.1, -0.05) is 61.9 Å². The van der Waals surface area contributed by atoms with Crippen molar-refractivity contribution in [2.45, 2.75) is 39.2 Å². The van der Waals surface area contributed by atoms with Gasteiger partial charge in [0.05, 0.1) is 0 Å². The van der Waals surface area contributed by atoms with Crippen molar-refractivity contribution < 1.29 is 9.90 Å². The van der Waals surface area contributed by atoms with Crippen molar-refractivity contribution in [3.63, 3.8) is 0 Å². The summed E-state index contributed by atoms with van der Waals surface area (Å²) in [5.41, 5.74) is 4.05. The number of nitrogens with one attached hydrogen (secondary N) is 1. The number of hydrogen-bond acceptors (Lipinski definition) is 5. The lowest BCUT2D eigenvalue weighted by molar-refractivity contribution is -0.132. The number of carbonyl (C=O) groups excluding carboxylic acids is 1. The van der Waals surface area contributed by atoms with Crippen LogP contribution in [0, 0.1) is 0 Å². The number of tetrazole rings is 1. The molecule has 0 unspecified atom stereocenters. The molecular weight excluding hydrogens is 366 g/mol. The zero-order valence-corrected chi connectivity index (χ0v) is 16.7. The fourth-order valence-corrected chi connectivity index (χ4v) is 3.26. The molecule has 0 saturated heterocycles. The number of carbonyl (C=O) groups is 1. The third-order valence-electron chi connectivity index (χ3n) is 4.83. The van der Waals surface area contributed by atoms with Gasteiger partial charge in [0, 0.05) is 31.7 Å². The number of aliphatic hydroxyl groups is 1. The van der Waals surface area contributed by atoms with Crippen LogP contribution in [0.2, 0.25) is 0 Å². The van der Waals surface area contributed by atoms with E-state index in [2.05, 4.69) is 39.7 Å². The molecule has 0 bridgehead atoms. The molecule has 3 aromatic rings. The van der Waals surface area contributed by atoms with Gasteiger partial charge in [-0.15, -0.1) is 10.2 Å². The summed E-state index contributed by atoms with van der Waals surface area (Å²) < 4.78 is 0. The predicted octanol–water partition coefficient (Wildman–Crippen LogP) is 3.43. The van der Waals surface area contributed by atoms with E-state index in [1.165, 1.54) is 0 Å². The molecule has 7 nitrogen and oxygen atoms in total. The van der Waals surface area contributed by atoms with Gasteiger partial charge >= 0.3 is 0 Å². The molecule has 7 heteroatoms. The van der Waals surface area contributed by atoms with Gasteiger partial charge in [0.2, 0.25) is 11.7 Å². The smallest absolute Gasteiger partial charge is 0.222 e. The van der Waals surface area contributed by atoms with E-state index in [1.807, 2.05) is 41.3 Å². The lowest BCUT2D eigenvalue weighted by atomic mass is 9.98. The van der Waals surface area contributed by atoms with Gasteiger partial charge < -0.3 is 10.0 Å². The van der Waals surface area contributed by atoms with E-state index < -0.39 is 0 Å². The molecule has 1 amide bonds. The number of aliphatic hydroxyl groups excluding tert-OH is 1. The molecule has 0 saturated carbocycles. The first-order chi connectivity index (χ1) is 14.2. The third kappa shape index (κ3) is 5.48. The Hall–Kier alpha value is -3.06. The number of hydrogen-bond donors (Lipinski definition) is 2. The van der Waals surface area contributed by atoms with Crippen molar-refractivity contribution in [1.82, 2.24) is 25.5 Å². The molecule has 152 valence electrons. The van der Waals surface area contributed by atoms with Crippen molar-refractivity contribution in [3.05, 3.63) is 54.1 Å². The maximum atomic E-state index is 12.5. The van der Waals surface area contributed by atoms with Gasteiger partial charge in [-0.05, 0) is 34.7 Å². The monoisotopic (exact) mass is 393 g/mol. The van der Waals surface area contributed by atoms with Gasteiger partial charge in [0.25, 0.3) is 0 Å². The van der Waals surface area contributed by atoms with E-state index in [0.29, 0.717) is 31.8 Å². The van der Waals surface area contributed by atoms with E-state index in [1.54, 1.807) is 0 Å². The molecule has 0 fully saturated rings. The summed E-state index contributed by atoms with van der Waals surface area (Å²) in [5, 5.41) is 23.5. The molecule has 1 heterocycles. The van der Waals surface area contributed by atoms with Crippen molar-refractivity contribution in [2.24, 2.45) is 0 Å². The highest BCUT2D eigenvalue weighted by Gasteiger charge is 2.14. The molecule has 29 heavy (non-hydrogen) atoms. The average Bonchev–Trinajstić information content (AvgIpc) is 3.30. The molecule has 2 aromatic carbocycles. The maximum Gasteiger partial charge on any atom is 0.222 e. The minimum absolute atomic E-state index is 0.0867. The van der Waals surface area contributed by atoms with Crippen molar-refractivity contribution in [1.29, 1.82) is 0 Å². The van der Waals surface area contributed by atoms with Crippen LogP contribution in [0.1, 0.15) is 38.2 Å². The fraction of sp³-hybridized carbons (Fsp3) is 0.364.